The van der Waals surface area contributed by atoms with Gasteiger partial charge >= 0.3 is 5.97 Å². The Labute approximate surface area is 83.8 Å². The fraction of sp³-hybridized carbons (Fsp3) is 0.455. The lowest BCUT2D eigenvalue weighted by Crippen LogP contribution is -2.19. The molecule has 14 heavy (non-hydrogen) atoms. The van der Waals surface area contributed by atoms with Crippen molar-refractivity contribution in [3.05, 3.63) is 30.1 Å². The summed E-state index contributed by atoms with van der Waals surface area (Å²) in [5.41, 5.74) is 1.14. The van der Waals surface area contributed by atoms with Gasteiger partial charge in [-0.1, -0.05) is 13.8 Å². The maximum Gasteiger partial charge on any atom is 0.306 e. The number of carboxylic acids is 1. The average molecular weight is 193 g/mol. The number of carbonyl (C=O) groups is 1. The highest BCUT2D eigenvalue weighted by Crippen LogP contribution is 2.16. The molecule has 3 heteroatoms. The SMILES string of the molecule is CC(Cc1ccncc1)C(C)C(=O)O. The lowest BCUT2D eigenvalue weighted by molar-refractivity contribution is -0.142. The van der Waals surface area contributed by atoms with Crippen molar-refractivity contribution >= 4 is 5.97 Å². The predicted molar refractivity (Wildman–Crippen MR) is 53.9 cm³/mol. The highest BCUT2D eigenvalue weighted by atomic mass is 16.4. The third-order valence-corrected chi connectivity index (χ3v) is 2.55. The van der Waals surface area contributed by atoms with Gasteiger partial charge in [-0.2, -0.15) is 0 Å². The van der Waals surface area contributed by atoms with Gasteiger partial charge < -0.3 is 5.11 Å². The summed E-state index contributed by atoms with van der Waals surface area (Å²) in [6, 6.07) is 3.84. The standard InChI is InChI=1S/C11H15NO2/c1-8(9(2)11(13)14)7-10-3-5-12-6-4-10/h3-6,8-9H,7H2,1-2H3,(H,13,14). The number of hydrogen-bond donors (Lipinski definition) is 1. The van der Waals surface area contributed by atoms with Gasteiger partial charge in [-0.05, 0) is 30.0 Å². The second-order valence-corrected chi connectivity index (χ2v) is 3.66. The van der Waals surface area contributed by atoms with Gasteiger partial charge in [0.2, 0.25) is 0 Å². The summed E-state index contributed by atoms with van der Waals surface area (Å²) in [7, 11) is 0. The quantitative estimate of drug-likeness (QED) is 0.795. The van der Waals surface area contributed by atoms with Crippen molar-refractivity contribution < 1.29 is 9.90 Å². The first-order valence-corrected chi connectivity index (χ1v) is 4.73. The summed E-state index contributed by atoms with van der Waals surface area (Å²) >= 11 is 0. The zero-order valence-corrected chi connectivity index (χ0v) is 8.47. The van der Waals surface area contributed by atoms with Crippen LogP contribution in [0.1, 0.15) is 19.4 Å². The summed E-state index contributed by atoms with van der Waals surface area (Å²) in [5.74, 6) is -0.885. The van der Waals surface area contributed by atoms with Crippen LogP contribution in [0.15, 0.2) is 24.5 Å². The molecule has 2 unspecified atom stereocenters. The highest BCUT2D eigenvalue weighted by molar-refractivity contribution is 5.69. The van der Waals surface area contributed by atoms with E-state index in [1.165, 1.54) is 0 Å². The lowest BCUT2D eigenvalue weighted by atomic mass is 9.90. The number of rotatable bonds is 4. The molecule has 0 saturated heterocycles. The second-order valence-electron chi connectivity index (χ2n) is 3.66. The summed E-state index contributed by atoms with van der Waals surface area (Å²) in [6.45, 7) is 3.70. The van der Waals surface area contributed by atoms with Crippen LogP contribution in [-0.2, 0) is 11.2 Å². The van der Waals surface area contributed by atoms with Crippen molar-refractivity contribution in [2.45, 2.75) is 20.3 Å². The van der Waals surface area contributed by atoms with E-state index in [2.05, 4.69) is 4.98 Å². The van der Waals surface area contributed by atoms with E-state index in [0.717, 1.165) is 12.0 Å². The summed E-state index contributed by atoms with van der Waals surface area (Å²) in [5, 5.41) is 8.82. The van der Waals surface area contributed by atoms with E-state index in [-0.39, 0.29) is 11.8 Å². The predicted octanol–water partition coefficient (Wildman–Crippen LogP) is 1.98. The van der Waals surface area contributed by atoms with Crippen LogP contribution in [0, 0.1) is 11.8 Å². The Kier molecular flexibility index (Phi) is 3.63. The molecule has 0 aliphatic heterocycles. The molecular weight excluding hydrogens is 178 g/mol. The molecule has 1 heterocycles. The molecule has 2 atom stereocenters. The summed E-state index contributed by atoms with van der Waals surface area (Å²) < 4.78 is 0. The third-order valence-electron chi connectivity index (χ3n) is 2.55. The normalized spacial score (nSPS) is 14.7. The minimum atomic E-state index is -0.730. The molecule has 1 rings (SSSR count). The van der Waals surface area contributed by atoms with Crippen LogP contribution < -0.4 is 0 Å². The Hall–Kier alpha value is -1.38. The first kappa shape index (κ1) is 10.7. The van der Waals surface area contributed by atoms with Gasteiger partial charge in [0, 0.05) is 12.4 Å². The van der Waals surface area contributed by atoms with E-state index >= 15 is 0 Å². The Bertz CT molecular complexity index is 297. The molecule has 0 fully saturated rings. The molecule has 0 aliphatic carbocycles. The molecule has 0 aliphatic rings. The molecule has 3 nitrogen and oxygen atoms in total. The van der Waals surface area contributed by atoms with Gasteiger partial charge in [0.15, 0.2) is 0 Å². The highest BCUT2D eigenvalue weighted by Gasteiger charge is 2.19. The first-order chi connectivity index (χ1) is 6.61. The monoisotopic (exact) mass is 193 g/mol. The molecule has 0 saturated carbocycles. The lowest BCUT2D eigenvalue weighted by Gasteiger charge is -2.15. The van der Waals surface area contributed by atoms with Gasteiger partial charge in [0.05, 0.1) is 5.92 Å². The van der Waals surface area contributed by atoms with Crippen molar-refractivity contribution in [1.29, 1.82) is 0 Å². The van der Waals surface area contributed by atoms with E-state index in [0.29, 0.717) is 0 Å². The molecule has 1 N–H and O–H groups in total. The van der Waals surface area contributed by atoms with Gasteiger partial charge in [0.1, 0.15) is 0 Å². The molecule has 0 radical (unpaired) electrons. The maximum atomic E-state index is 10.7. The van der Waals surface area contributed by atoms with Crippen molar-refractivity contribution in [2.24, 2.45) is 11.8 Å². The Morgan fingerprint density at radius 3 is 2.50 bits per heavy atom. The van der Waals surface area contributed by atoms with Crippen molar-refractivity contribution in [3.8, 4) is 0 Å². The molecular formula is C11H15NO2. The van der Waals surface area contributed by atoms with Crippen LogP contribution in [0.3, 0.4) is 0 Å². The number of hydrogen-bond acceptors (Lipinski definition) is 2. The van der Waals surface area contributed by atoms with E-state index in [1.807, 2.05) is 19.1 Å². The largest absolute Gasteiger partial charge is 0.481 e. The Morgan fingerprint density at radius 2 is 2.00 bits per heavy atom. The molecule has 0 amide bonds. The Balaban J connectivity index is 2.57. The van der Waals surface area contributed by atoms with Gasteiger partial charge in [-0.15, -0.1) is 0 Å². The topological polar surface area (TPSA) is 50.2 Å². The van der Waals surface area contributed by atoms with E-state index in [1.54, 1.807) is 19.3 Å². The zero-order chi connectivity index (χ0) is 10.6. The number of aliphatic carboxylic acids is 1. The van der Waals surface area contributed by atoms with Gasteiger partial charge in [0.25, 0.3) is 0 Å². The van der Waals surface area contributed by atoms with Crippen LogP contribution in [0.5, 0.6) is 0 Å². The van der Waals surface area contributed by atoms with Crippen molar-refractivity contribution in [3.63, 3.8) is 0 Å². The van der Waals surface area contributed by atoms with Crippen LogP contribution in [0.25, 0.3) is 0 Å². The zero-order valence-electron chi connectivity index (χ0n) is 8.47. The summed E-state index contributed by atoms with van der Waals surface area (Å²) in [6.07, 6.45) is 4.25. The minimum Gasteiger partial charge on any atom is -0.481 e. The summed E-state index contributed by atoms with van der Waals surface area (Å²) in [4.78, 5) is 14.6. The fourth-order valence-electron chi connectivity index (χ4n) is 1.31. The number of pyridine rings is 1. The first-order valence-electron chi connectivity index (χ1n) is 4.73. The number of nitrogens with zero attached hydrogens (tertiary/aromatic N) is 1. The van der Waals surface area contributed by atoms with Gasteiger partial charge in [-0.25, -0.2) is 0 Å². The fourth-order valence-corrected chi connectivity index (χ4v) is 1.31. The molecule has 0 aromatic carbocycles. The third kappa shape index (κ3) is 2.83. The molecule has 1 aromatic rings. The van der Waals surface area contributed by atoms with E-state index < -0.39 is 5.97 Å². The Morgan fingerprint density at radius 1 is 1.43 bits per heavy atom. The number of aromatic nitrogens is 1. The molecule has 0 bridgehead atoms. The minimum absolute atomic E-state index is 0.148. The second kappa shape index (κ2) is 4.74. The van der Waals surface area contributed by atoms with Crippen LogP contribution >= 0.6 is 0 Å². The van der Waals surface area contributed by atoms with Crippen LogP contribution in [-0.4, -0.2) is 16.1 Å². The van der Waals surface area contributed by atoms with E-state index in [4.69, 9.17) is 5.11 Å². The van der Waals surface area contributed by atoms with Crippen molar-refractivity contribution in [2.75, 3.05) is 0 Å². The van der Waals surface area contributed by atoms with Gasteiger partial charge in [-0.3, -0.25) is 9.78 Å². The van der Waals surface area contributed by atoms with Crippen LogP contribution in [0.2, 0.25) is 0 Å². The molecule has 1 aromatic heterocycles. The average Bonchev–Trinajstić information content (AvgIpc) is 2.18. The number of carboxylic acid groups (broad SMARTS) is 1. The van der Waals surface area contributed by atoms with Crippen LogP contribution in [0.4, 0.5) is 0 Å². The van der Waals surface area contributed by atoms with E-state index in [9.17, 15) is 4.79 Å². The van der Waals surface area contributed by atoms with Crippen molar-refractivity contribution in [1.82, 2.24) is 4.98 Å². The smallest absolute Gasteiger partial charge is 0.306 e. The molecule has 0 spiro atoms. The maximum absolute atomic E-state index is 10.7. The molecule has 76 valence electrons.